The zero-order chi connectivity index (χ0) is 15.9. The van der Waals surface area contributed by atoms with Crippen LogP contribution in [0.25, 0.3) is 6.20 Å². The minimum atomic E-state index is -4.62. The fourth-order valence-corrected chi connectivity index (χ4v) is 1.42. The smallest absolute Gasteiger partial charge is 0.435 e. The standard InChI is InChI=1S/C13H12ClF3N2O2/c1-2-3-4-5-10(14)9-19-12(21-7-6-20)8-11(18-19)13(15,16)17/h2-6,8-9H,7H2,1H3/b3-2-,5-4-,10-9-. The highest BCUT2D eigenvalue weighted by molar-refractivity contribution is 6.32. The molecule has 0 N–H and O–H groups in total. The molecule has 21 heavy (non-hydrogen) atoms. The summed E-state index contributed by atoms with van der Waals surface area (Å²) < 4.78 is 43.5. The summed E-state index contributed by atoms with van der Waals surface area (Å²) in [4.78, 5) is 10.3. The Balaban J connectivity index is 3.10. The second-order valence-electron chi connectivity index (χ2n) is 3.69. The molecule has 0 spiro atoms. The van der Waals surface area contributed by atoms with Gasteiger partial charge in [0, 0.05) is 6.07 Å². The van der Waals surface area contributed by atoms with Gasteiger partial charge >= 0.3 is 6.18 Å². The maximum absolute atomic E-state index is 12.6. The van der Waals surface area contributed by atoms with Crippen LogP contribution in [0.5, 0.6) is 5.88 Å². The second-order valence-corrected chi connectivity index (χ2v) is 4.12. The van der Waals surface area contributed by atoms with Crippen molar-refractivity contribution in [1.82, 2.24) is 9.78 Å². The number of hydrogen-bond donors (Lipinski definition) is 0. The fourth-order valence-electron chi connectivity index (χ4n) is 1.25. The van der Waals surface area contributed by atoms with Crippen molar-refractivity contribution in [2.24, 2.45) is 0 Å². The van der Waals surface area contributed by atoms with Gasteiger partial charge < -0.3 is 4.74 Å². The number of hydrogen-bond acceptors (Lipinski definition) is 3. The lowest BCUT2D eigenvalue weighted by molar-refractivity contribution is -0.141. The molecule has 0 fully saturated rings. The SMILES string of the molecule is C\C=C/C=C\C(Cl)=C\n1nc(C(F)(F)F)cc1OCC=O. The molecule has 0 aromatic carbocycles. The number of carbonyl (C=O) groups excluding carboxylic acids is 1. The van der Waals surface area contributed by atoms with Crippen molar-refractivity contribution in [2.45, 2.75) is 13.1 Å². The molecule has 114 valence electrons. The van der Waals surface area contributed by atoms with Crippen molar-refractivity contribution in [3.8, 4) is 5.88 Å². The summed E-state index contributed by atoms with van der Waals surface area (Å²) in [5.74, 6) is -0.230. The maximum atomic E-state index is 12.6. The molecule has 0 aliphatic carbocycles. The first-order valence-electron chi connectivity index (χ1n) is 5.78. The number of aromatic nitrogens is 2. The van der Waals surface area contributed by atoms with Crippen LogP contribution in [0.1, 0.15) is 12.6 Å². The third kappa shape index (κ3) is 5.47. The van der Waals surface area contributed by atoms with Gasteiger partial charge in [0.1, 0.15) is 6.61 Å². The predicted molar refractivity (Wildman–Crippen MR) is 72.9 cm³/mol. The van der Waals surface area contributed by atoms with E-state index < -0.39 is 11.9 Å². The molecule has 1 rings (SSSR count). The topological polar surface area (TPSA) is 44.1 Å². The lowest BCUT2D eigenvalue weighted by Gasteiger charge is -2.02. The van der Waals surface area contributed by atoms with E-state index in [-0.39, 0.29) is 17.5 Å². The molecular formula is C13H12ClF3N2O2. The summed E-state index contributed by atoms with van der Waals surface area (Å²) in [5.41, 5.74) is -1.14. The highest BCUT2D eigenvalue weighted by Crippen LogP contribution is 2.31. The predicted octanol–water partition coefficient (Wildman–Crippen LogP) is 3.65. The largest absolute Gasteiger partial charge is 0.470 e. The molecule has 0 radical (unpaired) electrons. The number of allylic oxidation sites excluding steroid dienone is 5. The van der Waals surface area contributed by atoms with Gasteiger partial charge in [-0.05, 0) is 13.0 Å². The first-order chi connectivity index (χ1) is 9.88. The van der Waals surface area contributed by atoms with E-state index in [1.807, 2.05) is 0 Å². The monoisotopic (exact) mass is 320 g/mol. The van der Waals surface area contributed by atoms with Crippen LogP contribution < -0.4 is 4.74 Å². The van der Waals surface area contributed by atoms with Gasteiger partial charge in [0.05, 0.1) is 11.2 Å². The van der Waals surface area contributed by atoms with E-state index in [9.17, 15) is 18.0 Å². The molecule has 8 heteroatoms. The summed E-state index contributed by atoms with van der Waals surface area (Å²) >= 11 is 5.85. The maximum Gasteiger partial charge on any atom is 0.435 e. The second kappa shape index (κ2) is 7.68. The van der Waals surface area contributed by atoms with E-state index in [1.165, 1.54) is 6.08 Å². The summed E-state index contributed by atoms with van der Waals surface area (Å²) in [6.07, 6.45) is 3.49. The Bertz CT molecular complexity index is 574. The Hall–Kier alpha value is -2.02. The van der Waals surface area contributed by atoms with Crippen molar-refractivity contribution in [1.29, 1.82) is 0 Å². The van der Waals surface area contributed by atoms with Gasteiger partial charge in [-0.1, -0.05) is 29.8 Å². The zero-order valence-corrected chi connectivity index (χ0v) is 11.7. The number of aldehydes is 1. The molecule has 0 saturated heterocycles. The zero-order valence-electron chi connectivity index (χ0n) is 11.0. The van der Waals surface area contributed by atoms with Gasteiger partial charge in [-0.3, -0.25) is 4.79 Å². The molecule has 1 aromatic rings. The first-order valence-corrected chi connectivity index (χ1v) is 6.16. The highest BCUT2D eigenvalue weighted by Gasteiger charge is 2.35. The molecule has 0 amide bonds. The van der Waals surface area contributed by atoms with Crippen LogP contribution in [0.15, 0.2) is 35.4 Å². The van der Waals surface area contributed by atoms with Crippen LogP contribution in [0.3, 0.4) is 0 Å². The summed E-state index contributed by atoms with van der Waals surface area (Å²) in [6, 6.07) is 0.694. The van der Waals surface area contributed by atoms with Crippen LogP contribution in [0, 0.1) is 0 Å². The molecule has 4 nitrogen and oxygen atoms in total. The molecular weight excluding hydrogens is 309 g/mol. The Kier molecular flexibility index (Phi) is 6.23. The summed E-state index contributed by atoms with van der Waals surface area (Å²) in [5, 5.41) is 3.48. The Morgan fingerprint density at radius 3 is 2.76 bits per heavy atom. The van der Waals surface area contributed by atoms with Gasteiger partial charge in [0.2, 0.25) is 5.88 Å². The Morgan fingerprint density at radius 2 is 2.19 bits per heavy atom. The molecule has 0 aliphatic rings. The third-order valence-corrected chi connectivity index (χ3v) is 2.32. The normalized spacial score (nSPS) is 13.3. The van der Waals surface area contributed by atoms with E-state index in [4.69, 9.17) is 16.3 Å². The van der Waals surface area contributed by atoms with Gasteiger partial charge in [0.25, 0.3) is 0 Å². The lowest BCUT2D eigenvalue weighted by atomic mass is 10.4. The average Bonchev–Trinajstić information content (AvgIpc) is 2.79. The number of halogens is 4. The van der Waals surface area contributed by atoms with E-state index in [0.717, 1.165) is 10.9 Å². The van der Waals surface area contributed by atoms with Gasteiger partial charge in [-0.25, -0.2) is 4.68 Å². The van der Waals surface area contributed by atoms with E-state index in [0.29, 0.717) is 12.4 Å². The molecule has 0 saturated carbocycles. The van der Waals surface area contributed by atoms with Gasteiger partial charge in [-0.15, -0.1) is 0 Å². The molecule has 0 aliphatic heterocycles. The molecule has 1 aromatic heterocycles. The average molecular weight is 321 g/mol. The van der Waals surface area contributed by atoms with Crippen LogP contribution in [-0.2, 0) is 11.0 Å². The van der Waals surface area contributed by atoms with Crippen molar-refractivity contribution < 1.29 is 22.7 Å². The lowest BCUT2D eigenvalue weighted by Crippen LogP contribution is -2.06. The number of nitrogens with zero attached hydrogens (tertiary/aromatic N) is 2. The first kappa shape index (κ1) is 17.0. The fraction of sp³-hybridized carbons (Fsp3) is 0.231. The minimum absolute atomic E-state index is 0.140. The van der Waals surface area contributed by atoms with Crippen molar-refractivity contribution >= 4 is 24.1 Å². The van der Waals surface area contributed by atoms with Crippen LogP contribution >= 0.6 is 11.6 Å². The quantitative estimate of drug-likeness (QED) is 0.593. The molecule has 0 atom stereocenters. The summed E-state index contributed by atoms with van der Waals surface area (Å²) in [6.45, 7) is 1.42. The molecule has 0 bridgehead atoms. The molecule has 1 heterocycles. The number of alkyl halides is 3. The molecule has 0 unspecified atom stereocenters. The number of carbonyl (C=O) groups is 1. The summed E-state index contributed by atoms with van der Waals surface area (Å²) in [7, 11) is 0. The minimum Gasteiger partial charge on any atom is -0.470 e. The third-order valence-electron chi connectivity index (χ3n) is 2.10. The Morgan fingerprint density at radius 1 is 1.48 bits per heavy atom. The highest BCUT2D eigenvalue weighted by atomic mass is 35.5. The van der Waals surface area contributed by atoms with Crippen molar-refractivity contribution in [3.05, 3.63) is 41.1 Å². The number of ether oxygens (including phenoxy) is 1. The Labute approximate surface area is 124 Å². The van der Waals surface area contributed by atoms with Gasteiger partial charge in [-0.2, -0.15) is 18.3 Å². The van der Waals surface area contributed by atoms with E-state index in [2.05, 4.69) is 5.10 Å². The van der Waals surface area contributed by atoms with E-state index >= 15 is 0 Å². The van der Waals surface area contributed by atoms with E-state index in [1.54, 1.807) is 25.2 Å². The van der Waals surface area contributed by atoms with Crippen LogP contribution in [-0.4, -0.2) is 22.7 Å². The van der Waals surface area contributed by atoms with Crippen molar-refractivity contribution in [3.63, 3.8) is 0 Å². The van der Waals surface area contributed by atoms with Gasteiger partial charge in [0.15, 0.2) is 12.0 Å². The van der Waals surface area contributed by atoms with Crippen LogP contribution in [0.4, 0.5) is 13.2 Å². The number of rotatable bonds is 6. The van der Waals surface area contributed by atoms with Crippen molar-refractivity contribution in [2.75, 3.05) is 6.61 Å². The van der Waals surface area contributed by atoms with Crippen LogP contribution in [0.2, 0.25) is 0 Å².